The highest BCUT2D eigenvalue weighted by atomic mass is 16.5. The van der Waals surface area contributed by atoms with Gasteiger partial charge < -0.3 is 4.74 Å². The summed E-state index contributed by atoms with van der Waals surface area (Å²) in [7, 11) is 0. The lowest BCUT2D eigenvalue weighted by Crippen LogP contribution is -2.13. The highest BCUT2D eigenvalue weighted by Gasteiger charge is 2.06. The molecular weight excluding hydrogens is 168 g/mol. The summed E-state index contributed by atoms with van der Waals surface area (Å²) in [5, 5.41) is 0. The van der Waals surface area contributed by atoms with Gasteiger partial charge in [-0.15, -0.1) is 0 Å². The van der Waals surface area contributed by atoms with Crippen LogP contribution in [0, 0.1) is 0 Å². The molecule has 1 rings (SSSR count). The van der Waals surface area contributed by atoms with Crippen molar-refractivity contribution in [3.05, 3.63) is 24.3 Å². The number of Topliss-reactive ketones (excluding diaryl/α,β-unsaturated/α-hetero) is 1. The number of carbonyl (C=O) groups is 1. The monoisotopic (exact) mass is 180 g/mol. The number of carbonyl (C=O) groups excluding carboxylic acids is 1. The predicted octanol–water partition coefficient (Wildman–Crippen LogP) is 1.08. The molecule has 0 aromatic carbocycles. The van der Waals surface area contributed by atoms with Crippen molar-refractivity contribution in [1.82, 2.24) is 9.97 Å². The average molecular weight is 180 g/mol. The standard InChI is InChI=1S/C9H12N2O2/c1-7(2)13-5-9(12)8-3-10-6-11-4-8/h3-4,6-7H,5H2,1-2H3. The van der Waals surface area contributed by atoms with Gasteiger partial charge in [0.1, 0.15) is 12.9 Å². The third kappa shape index (κ3) is 3.29. The van der Waals surface area contributed by atoms with Crippen LogP contribution >= 0.6 is 0 Å². The van der Waals surface area contributed by atoms with Crippen molar-refractivity contribution in [3.8, 4) is 0 Å². The maximum Gasteiger partial charge on any atom is 0.191 e. The van der Waals surface area contributed by atoms with Crippen molar-refractivity contribution >= 4 is 5.78 Å². The second kappa shape index (κ2) is 4.67. The molecule has 0 spiro atoms. The van der Waals surface area contributed by atoms with Crippen LogP contribution in [0.15, 0.2) is 18.7 Å². The van der Waals surface area contributed by atoms with Crippen molar-refractivity contribution in [1.29, 1.82) is 0 Å². The Kier molecular flexibility index (Phi) is 3.52. The molecule has 0 amide bonds. The van der Waals surface area contributed by atoms with Crippen LogP contribution in [0.5, 0.6) is 0 Å². The number of rotatable bonds is 4. The van der Waals surface area contributed by atoms with Gasteiger partial charge in [-0.1, -0.05) is 0 Å². The Morgan fingerprint density at radius 3 is 2.62 bits per heavy atom. The van der Waals surface area contributed by atoms with Crippen LogP contribution in [-0.4, -0.2) is 28.5 Å². The molecule has 13 heavy (non-hydrogen) atoms. The minimum Gasteiger partial charge on any atom is -0.371 e. The first-order chi connectivity index (χ1) is 6.20. The number of ketones is 1. The van der Waals surface area contributed by atoms with Gasteiger partial charge in [-0.3, -0.25) is 4.79 Å². The fourth-order valence-electron chi connectivity index (χ4n) is 0.769. The Morgan fingerprint density at radius 1 is 1.46 bits per heavy atom. The van der Waals surface area contributed by atoms with Crippen LogP contribution in [-0.2, 0) is 4.74 Å². The fraction of sp³-hybridized carbons (Fsp3) is 0.444. The maximum atomic E-state index is 11.3. The fourth-order valence-corrected chi connectivity index (χ4v) is 0.769. The first-order valence-electron chi connectivity index (χ1n) is 4.10. The van der Waals surface area contributed by atoms with Gasteiger partial charge in [-0.2, -0.15) is 0 Å². The van der Waals surface area contributed by atoms with E-state index in [0.717, 1.165) is 0 Å². The van der Waals surface area contributed by atoms with E-state index in [-0.39, 0.29) is 18.5 Å². The Bertz CT molecular complexity index is 272. The maximum absolute atomic E-state index is 11.3. The molecule has 0 atom stereocenters. The lowest BCUT2D eigenvalue weighted by molar-refractivity contribution is 0.0584. The Morgan fingerprint density at radius 2 is 2.08 bits per heavy atom. The van der Waals surface area contributed by atoms with Crippen molar-refractivity contribution in [3.63, 3.8) is 0 Å². The van der Waals surface area contributed by atoms with Gasteiger partial charge in [-0.05, 0) is 13.8 Å². The van der Waals surface area contributed by atoms with Gasteiger partial charge in [0.25, 0.3) is 0 Å². The lowest BCUT2D eigenvalue weighted by Gasteiger charge is -2.05. The topological polar surface area (TPSA) is 52.1 Å². The van der Waals surface area contributed by atoms with Gasteiger partial charge in [0, 0.05) is 12.4 Å². The summed E-state index contributed by atoms with van der Waals surface area (Å²) < 4.78 is 5.15. The van der Waals surface area contributed by atoms with Gasteiger partial charge in [-0.25, -0.2) is 9.97 Å². The summed E-state index contributed by atoms with van der Waals surface area (Å²) in [6, 6.07) is 0. The van der Waals surface area contributed by atoms with Crippen LogP contribution in [0.2, 0.25) is 0 Å². The number of aromatic nitrogens is 2. The van der Waals surface area contributed by atoms with Crippen LogP contribution in [0.1, 0.15) is 24.2 Å². The number of nitrogens with zero attached hydrogens (tertiary/aromatic N) is 2. The summed E-state index contributed by atoms with van der Waals surface area (Å²) in [6.07, 6.45) is 4.42. The minimum atomic E-state index is -0.0886. The van der Waals surface area contributed by atoms with E-state index in [1.807, 2.05) is 13.8 Å². The van der Waals surface area contributed by atoms with Crippen LogP contribution in [0.3, 0.4) is 0 Å². The van der Waals surface area contributed by atoms with E-state index in [1.54, 1.807) is 0 Å². The molecule has 1 aromatic heterocycles. The number of hydrogen-bond donors (Lipinski definition) is 0. The third-order valence-corrected chi connectivity index (χ3v) is 1.43. The van der Waals surface area contributed by atoms with Crippen molar-refractivity contribution < 1.29 is 9.53 Å². The first-order valence-corrected chi connectivity index (χ1v) is 4.10. The normalized spacial score (nSPS) is 10.4. The van der Waals surface area contributed by atoms with Crippen molar-refractivity contribution in [2.75, 3.05) is 6.61 Å². The van der Waals surface area contributed by atoms with Gasteiger partial charge in [0.05, 0.1) is 11.7 Å². The molecule has 0 unspecified atom stereocenters. The quantitative estimate of drug-likeness (QED) is 0.651. The SMILES string of the molecule is CC(C)OCC(=O)c1cncnc1. The number of ether oxygens (including phenoxy) is 1. The van der Waals surface area contributed by atoms with Gasteiger partial charge >= 0.3 is 0 Å². The van der Waals surface area contributed by atoms with Crippen molar-refractivity contribution in [2.45, 2.75) is 20.0 Å². The molecule has 0 bridgehead atoms. The molecule has 0 saturated heterocycles. The molecule has 1 heterocycles. The smallest absolute Gasteiger partial charge is 0.191 e. The molecule has 70 valence electrons. The minimum absolute atomic E-state index is 0.0635. The Labute approximate surface area is 77.0 Å². The summed E-state index contributed by atoms with van der Waals surface area (Å²) in [5.41, 5.74) is 0.489. The van der Waals surface area contributed by atoms with Gasteiger partial charge in [0.2, 0.25) is 0 Å². The molecule has 4 heteroatoms. The van der Waals surface area contributed by atoms with Crippen LogP contribution in [0.25, 0.3) is 0 Å². The summed E-state index contributed by atoms with van der Waals surface area (Å²) >= 11 is 0. The summed E-state index contributed by atoms with van der Waals surface area (Å²) in [4.78, 5) is 18.8. The second-order valence-corrected chi connectivity index (χ2v) is 2.91. The zero-order chi connectivity index (χ0) is 9.68. The third-order valence-electron chi connectivity index (χ3n) is 1.43. The summed E-state index contributed by atoms with van der Waals surface area (Å²) in [6.45, 7) is 3.86. The second-order valence-electron chi connectivity index (χ2n) is 2.91. The molecule has 0 aliphatic rings. The molecule has 4 nitrogen and oxygen atoms in total. The Balaban J connectivity index is 2.50. The molecule has 1 aromatic rings. The van der Waals surface area contributed by atoms with E-state index in [0.29, 0.717) is 5.56 Å². The van der Waals surface area contributed by atoms with Crippen molar-refractivity contribution in [2.24, 2.45) is 0 Å². The number of hydrogen-bond acceptors (Lipinski definition) is 4. The van der Waals surface area contributed by atoms with E-state index in [1.165, 1.54) is 18.7 Å². The highest BCUT2D eigenvalue weighted by Crippen LogP contribution is 1.97. The average Bonchev–Trinajstić information content (AvgIpc) is 2.15. The first kappa shape index (κ1) is 9.80. The molecular formula is C9H12N2O2. The van der Waals surface area contributed by atoms with Crippen LogP contribution in [0.4, 0.5) is 0 Å². The van der Waals surface area contributed by atoms with Crippen LogP contribution < -0.4 is 0 Å². The predicted molar refractivity (Wildman–Crippen MR) is 47.5 cm³/mol. The molecule has 0 aliphatic heterocycles. The van der Waals surface area contributed by atoms with E-state index < -0.39 is 0 Å². The highest BCUT2D eigenvalue weighted by molar-refractivity contribution is 5.96. The molecule has 0 N–H and O–H groups in total. The molecule has 0 aliphatic carbocycles. The molecule has 0 fully saturated rings. The summed E-state index contributed by atoms with van der Waals surface area (Å²) in [5.74, 6) is -0.0886. The molecule has 0 saturated carbocycles. The van der Waals surface area contributed by atoms with Gasteiger partial charge in [0.15, 0.2) is 5.78 Å². The van der Waals surface area contributed by atoms with E-state index in [2.05, 4.69) is 9.97 Å². The van der Waals surface area contributed by atoms with E-state index in [4.69, 9.17) is 4.74 Å². The van der Waals surface area contributed by atoms with E-state index >= 15 is 0 Å². The zero-order valence-corrected chi connectivity index (χ0v) is 7.73. The largest absolute Gasteiger partial charge is 0.371 e. The Hall–Kier alpha value is -1.29. The lowest BCUT2D eigenvalue weighted by atomic mass is 10.2. The van der Waals surface area contributed by atoms with E-state index in [9.17, 15) is 4.79 Å². The molecule has 0 radical (unpaired) electrons. The zero-order valence-electron chi connectivity index (χ0n) is 7.73.